The number of nitriles is 1. The number of aliphatic hydroxyl groups excluding tert-OH is 1. The lowest BCUT2D eigenvalue weighted by atomic mass is 10.1. The normalized spacial score (nSPS) is 11.1. The Morgan fingerprint density at radius 2 is 1.82 bits per heavy atom. The third-order valence-electron chi connectivity index (χ3n) is 5.34. The Morgan fingerprint density at radius 1 is 1.08 bits per heavy atom. The molecule has 12 heteroatoms. The van der Waals surface area contributed by atoms with Crippen molar-refractivity contribution in [2.24, 2.45) is 10.2 Å². The lowest BCUT2D eigenvalue weighted by Gasteiger charge is -2.14. The van der Waals surface area contributed by atoms with E-state index in [9.17, 15) is 15.2 Å². The second-order valence-electron chi connectivity index (χ2n) is 7.83. The molecule has 0 aliphatic carbocycles. The first-order valence-corrected chi connectivity index (χ1v) is 12.4. The number of nitrogens with zero attached hydrogens (tertiary/aromatic N) is 4. The Hall–Kier alpha value is -3.73. The van der Waals surface area contributed by atoms with Crippen molar-refractivity contribution in [2.45, 2.75) is 24.6 Å². The fourth-order valence-corrected chi connectivity index (χ4v) is 4.09. The van der Waals surface area contributed by atoms with Crippen molar-refractivity contribution < 1.29 is 24.4 Å². The molecule has 0 amide bonds. The number of aliphatic hydroxyl groups is 1. The van der Waals surface area contributed by atoms with E-state index < -0.39 is 11.4 Å². The third-order valence-corrected chi connectivity index (χ3v) is 6.13. The second kappa shape index (κ2) is 14.9. The lowest BCUT2D eigenvalue weighted by molar-refractivity contribution is 0.0853. The molecule has 1 aromatic heterocycles. The van der Waals surface area contributed by atoms with Crippen molar-refractivity contribution in [3.05, 3.63) is 75.6 Å². The molecule has 1 heterocycles. The predicted molar refractivity (Wildman–Crippen MR) is 142 cm³/mol. The Morgan fingerprint density at radius 3 is 2.45 bits per heavy atom. The average molecular weight is 540 g/mol. The van der Waals surface area contributed by atoms with Gasteiger partial charge in [-0.2, -0.15) is 10.4 Å². The molecule has 38 heavy (non-hydrogen) atoms. The Labute approximate surface area is 224 Å². The smallest absolute Gasteiger partial charge is 0.281 e. The first-order chi connectivity index (χ1) is 18.5. The second-order valence-corrected chi connectivity index (χ2v) is 8.79. The number of methoxy groups -OCH3 is 2. The van der Waals surface area contributed by atoms with E-state index >= 15 is 0 Å². The minimum absolute atomic E-state index is 0.0371. The Kier molecular flexibility index (Phi) is 11.3. The largest absolute Gasteiger partial charge is 0.497 e. The molecule has 0 atom stereocenters. The molecule has 0 unspecified atom stereocenters. The fraction of sp³-hybridized carbons (Fsp3) is 0.308. The molecular formula is C26H29N5O6S. The predicted octanol–water partition coefficient (Wildman–Crippen LogP) is 3.80. The van der Waals surface area contributed by atoms with Crippen LogP contribution in [0, 0.1) is 11.3 Å². The monoisotopic (exact) mass is 539 g/mol. The van der Waals surface area contributed by atoms with Crippen molar-refractivity contribution in [1.82, 2.24) is 9.29 Å². The fourth-order valence-electron chi connectivity index (χ4n) is 3.41. The summed E-state index contributed by atoms with van der Waals surface area (Å²) in [4.78, 5) is 14.1. The van der Waals surface area contributed by atoms with Gasteiger partial charge in [0.05, 0.1) is 45.8 Å². The standard InChI is InChI=1S/C26H29N5O6S/c1-35-17-23-22(15-27)25(33)31(11-13-37-14-12-32)26(34)24(23)30-29-19-5-9-21(10-6-19)38-28-16-18-3-7-20(36-2)8-4-18/h3-10,28,32-33H,11-14,16-17H2,1-2H3. The minimum atomic E-state index is -0.639. The average Bonchev–Trinajstić information content (AvgIpc) is 2.94. The molecule has 0 aliphatic rings. The van der Waals surface area contributed by atoms with Crippen LogP contribution in [0.1, 0.15) is 16.7 Å². The molecular weight excluding hydrogens is 510 g/mol. The van der Waals surface area contributed by atoms with Gasteiger partial charge in [-0.05, 0) is 53.9 Å². The van der Waals surface area contributed by atoms with Crippen molar-refractivity contribution in [2.75, 3.05) is 34.0 Å². The molecule has 200 valence electrons. The molecule has 0 bridgehead atoms. The van der Waals surface area contributed by atoms with Gasteiger partial charge in [-0.15, -0.1) is 5.11 Å². The van der Waals surface area contributed by atoms with E-state index in [2.05, 4.69) is 15.0 Å². The maximum Gasteiger partial charge on any atom is 0.281 e. The van der Waals surface area contributed by atoms with E-state index in [4.69, 9.17) is 19.3 Å². The molecule has 3 N–H and O–H groups in total. The van der Waals surface area contributed by atoms with Crippen LogP contribution >= 0.6 is 11.9 Å². The van der Waals surface area contributed by atoms with Crippen molar-refractivity contribution in [3.63, 3.8) is 0 Å². The first-order valence-electron chi connectivity index (χ1n) is 11.6. The van der Waals surface area contributed by atoms with Crippen LogP contribution in [0.2, 0.25) is 0 Å². The summed E-state index contributed by atoms with van der Waals surface area (Å²) in [6.45, 7) is 0.470. The maximum atomic E-state index is 13.1. The molecule has 0 fully saturated rings. The van der Waals surface area contributed by atoms with E-state index in [0.717, 1.165) is 20.8 Å². The van der Waals surface area contributed by atoms with E-state index in [0.29, 0.717) is 12.2 Å². The van der Waals surface area contributed by atoms with Crippen molar-refractivity contribution in [3.8, 4) is 17.7 Å². The molecule has 11 nitrogen and oxygen atoms in total. The van der Waals surface area contributed by atoms with Gasteiger partial charge in [-0.25, -0.2) is 0 Å². The number of pyridine rings is 1. The third kappa shape index (κ3) is 7.64. The van der Waals surface area contributed by atoms with Crippen molar-refractivity contribution in [1.29, 1.82) is 5.26 Å². The SMILES string of the molecule is COCc1c(C#N)c(O)n(CCOCCO)c(=O)c1N=Nc1ccc(SNCc2ccc(OC)cc2)cc1. The summed E-state index contributed by atoms with van der Waals surface area (Å²) in [5.74, 6) is 0.308. The number of rotatable bonds is 14. The number of benzene rings is 2. The summed E-state index contributed by atoms with van der Waals surface area (Å²) in [5.41, 5.74) is 0.882. The number of ether oxygens (including phenoxy) is 3. The van der Waals surface area contributed by atoms with E-state index in [1.54, 1.807) is 19.2 Å². The van der Waals surface area contributed by atoms with E-state index in [1.807, 2.05) is 42.5 Å². The van der Waals surface area contributed by atoms with Gasteiger partial charge in [-0.3, -0.25) is 14.1 Å². The van der Waals surface area contributed by atoms with Crippen molar-refractivity contribution >= 4 is 23.3 Å². The molecule has 0 saturated carbocycles. The van der Waals surface area contributed by atoms with Crippen LogP contribution in [0.15, 0.2) is 68.4 Å². The first kappa shape index (κ1) is 28.8. The Balaban J connectivity index is 1.75. The zero-order valence-corrected chi connectivity index (χ0v) is 21.9. The van der Waals surface area contributed by atoms with Crippen LogP contribution < -0.4 is 15.0 Å². The quantitative estimate of drug-likeness (QED) is 0.158. The van der Waals surface area contributed by atoms with Crippen LogP contribution in [0.5, 0.6) is 11.6 Å². The van der Waals surface area contributed by atoms with E-state index in [1.165, 1.54) is 19.1 Å². The molecule has 0 aliphatic heterocycles. The van der Waals surface area contributed by atoms with Crippen LogP contribution in [0.3, 0.4) is 0 Å². The highest BCUT2D eigenvalue weighted by Gasteiger charge is 2.22. The zero-order valence-electron chi connectivity index (χ0n) is 21.1. The van der Waals surface area contributed by atoms with Gasteiger partial charge in [0.1, 0.15) is 17.4 Å². The zero-order chi connectivity index (χ0) is 27.3. The summed E-state index contributed by atoms with van der Waals surface area (Å²) >= 11 is 1.46. The molecule has 0 radical (unpaired) electrons. The minimum Gasteiger partial charge on any atom is -0.497 e. The summed E-state index contributed by atoms with van der Waals surface area (Å²) in [6.07, 6.45) is 0. The van der Waals surface area contributed by atoms with Crippen LogP contribution in [0.4, 0.5) is 11.4 Å². The highest BCUT2D eigenvalue weighted by Crippen LogP contribution is 2.29. The van der Waals surface area contributed by atoms with Crippen LogP contribution in [-0.4, -0.2) is 48.8 Å². The van der Waals surface area contributed by atoms with Gasteiger partial charge in [0.25, 0.3) is 5.56 Å². The highest BCUT2D eigenvalue weighted by atomic mass is 32.2. The van der Waals surface area contributed by atoms with Gasteiger partial charge in [-0.1, -0.05) is 12.1 Å². The van der Waals surface area contributed by atoms with Gasteiger partial charge < -0.3 is 24.4 Å². The number of aromatic nitrogens is 1. The summed E-state index contributed by atoms with van der Waals surface area (Å²) < 4.78 is 19.8. The number of hydrogen-bond donors (Lipinski definition) is 3. The summed E-state index contributed by atoms with van der Waals surface area (Å²) in [7, 11) is 3.04. The van der Waals surface area contributed by atoms with E-state index in [-0.39, 0.29) is 49.8 Å². The molecule has 3 aromatic rings. The molecule has 0 spiro atoms. The summed E-state index contributed by atoms with van der Waals surface area (Å²) in [5, 5.41) is 37.3. The number of aromatic hydroxyl groups is 1. The van der Waals surface area contributed by atoms with Crippen LogP contribution in [-0.2, 0) is 29.2 Å². The highest BCUT2D eigenvalue weighted by molar-refractivity contribution is 7.97. The molecule has 2 aromatic carbocycles. The number of nitrogens with one attached hydrogen (secondary N) is 1. The molecule has 0 saturated heterocycles. The van der Waals surface area contributed by atoms with Crippen LogP contribution in [0.25, 0.3) is 0 Å². The van der Waals surface area contributed by atoms with Gasteiger partial charge in [0, 0.05) is 24.1 Å². The number of hydrogen-bond acceptors (Lipinski definition) is 11. The topological polar surface area (TPSA) is 151 Å². The van der Waals surface area contributed by atoms with Gasteiger partial charge >= 0.3 is 0 Å². The maximum absolute atomic E-state index is 13.1. The molecule has 3 rings (SSSR count). The lowest BCUT2D eigenvalue weighted by Crippen LogP contribution is -2.25. The summed E-state index contributed by atoms with van der Waals surface area (Å²) in [6, 6.07) is 17.0. The Bertz CT molecular complexity index is 1320. The number of azo groups is 1. The van der Waals surface area contributed by atoms with Gasteiger partial charge in [0.15, 0.2) is 5.69 Å². The van der Waals surface area contributed by atoms with Gasteiger partial charge in [0.2, 0.25) is 5.88 Å².